The molecule has 0 atom stereocenters. The Balaban J connectivity index is 2.02. The molecule has 0 N–H and O–H groups in total. The second kappa shape index (κ2) is 5.28. The van der Waals surface area contributed by atoms with Crippen molar-refractivity contribution in [2.24, 2.45) is 0 Å². The molecule has 0 aliphatic heterocycles. The van der Waals surface area contributed by atoms with Gasteiger partial charge in [0.1, 0.15) is 0 Å². The van der Waals surface area contributed by atoms with Gasteiger partial charge in [-0.25, -0.2) is 4.98 Å². The van der Waals surface area contributed by atoms with Crippen molar-refractivity contribution < 1.29 is 0 Å². The van der Waals surface area contributed by atoms with Gasteiger partial charge >= 0.3 is 0 Å². The fourth-order valence-electron chi connectivity index (χ4n) is 4.12. The Kier molecular flexibility index (Phi) is 3.43. The summed E-state index contributed by atoms with van der Waals surface area (Å²) in [6.45, 7) is 11.7. The number of nitrogens with zero attached hydrogens (tertiary/aromatic N) is 1. The second-order valence-electron chi connectivity index (χ2n) is 8.23. The molecule has 1 aromatic heterocycles. The number of rotatable bonds is 1. The maximum absolute atomic E-state index is 5.14. The van der Waals surface area contributed by atoms with E-state index < -0.39 is 8.07 Å². The normalized spacial score (nSPS) is 13.7. The molecule has 1 aliphatic rings. The van der Waals surface area contributed by atoms with E-state index in [1.165, 1.54) is 44.1 Å². The van der Waals surface area contributed by atoms with Gasteiger partial charge in [-0.15, -0.1) is 0 Å². The third kappa shape index (κ3) is 2.41. The molecule has 0 spiro atoms. The first-order valence-corrected chi connectivity index (χ1v) is 12.4. The maximum Gasteiger partial charge on any atom is 0.0784 e. The number of pyridine rings is 1. The van der Waals surface area contributed by atoms with Gasteiger partial charge in [-0.3, -0.25) is 0 Å². The minimum absolute atomic E-state index is 1.11. The molecule has 0 bridgehead atoms. The SMILES string of the molecule is Cc1cc(C)c2c(c1)-c1nc3cccc([Si](C)(C)C)c3cc1CC2. The molecule has 0 radical (unpaired) electrons. The van der Waals surface area contributed by atoms with E-state index in [-0.39, 0.29) is 0 Å². The first kappa shape index (κ1) is 15.6. The van der Waals surface area contributed by atoms with Gasteiger partial charge < -0.3 is 0 Å². The number of benzene rings is 2. The summed E-state index contributed by atoms with van der Waals surface area (Å²) in [5, 5.41) is 2.91. The van der Waals surface area contributed by atoms with Gasteiger partial charge in [-0.05, 0) is 67.0 Å². The molecule has 24 heavy (non-hydrogen) atoms. The van der Waals surface area contributed by atoms with Crippen LogP contribution in [0.25, 0.3) is 22.2 Å². The zero-order valence-corrected chi connectivity index (χ0v) is 16.3. The largest absolute Gasteiger partial charge is 0.247 e. The quantitative estimate of drug-likeness (QED) is 0.561. The van der Waals surface area contributed by atoms with Gasteiger partial charge in [0.05, 0.1) is 19.3 Å². The number of fused-ring (bicyclic) bond motifs is 4. The topological polar surface area (TPSA) is 12.9 Å². The summed E-state index contributed by atoms with van der Waals surface area (Å²) in [5.41, 5.74) is 9.37. The van der Waals surface area contributed by atoms with Crippen LogP contribution in [0, 0.1) is 13.8 Å². The lowest BCUT2D eigenvalue weighted by Crippen LogP contribution is -2.38. The highest BCUT2D eigenvalue weighted by atomic mass is 28.3. The van der Waals surface area contributed by atoms with Crippen LogP contribution in [0.4, 0.5) is 0 Å². The summed E-state index contributed by atoms with van der Waals surface area (Å²) >= 11 is 0. The highest BCUT2D eigenvalue weighted by molar-refractivity contribution is 6.90. The van der Waals surface area contributed by atoms with Crippen molar-refractivity contribution >= 4 is 24.2 Å². The van der Waals surface area contributed by atoms with Crippen LogP contribution >= 0.6 is 0 Å². The van der Waals surface area contributed by atoms with Crippen LogP contribution in [-0.2, 0) is 12.8 Å². The van der Waals surface area contributed by atoms with Crippen molar-refractivity contribution in [2.45, 2.75) is 46.3 Å². The van der Waals surface area contributed by atoms with Crippen molar-refractivity contribution in [2.75, 3.05) is 0 Å². The van der Waals surface area contributed by atoms with E-state index in [4.69, 9.17) is 4.98 Å². The average molecular weight is 332 g/mol. The third-order valence-electron chi connectivity index (χ3n) is 5.26. The predicted octanol–water partition coefficient (Wildman–Crippen LogP) is 5.16. The molecule has 0 fully saturated rings. The van der Waals surface area contributed by atoms with Crippen LogP contribution in [0.1, 0.15) is 22.3 Å². The number of hydrogen-bond acceptors (Lipinski definition) is 1. The second-order valence-corrected chi connectivity index (χ2v) is 13.3. The van der Waals surface area contributed by atoms with Crippen molar-refractivity contribution in [3.05, 3.63) is 58.7 Å². The van der Waals surface area contributed by atoms with Crippen LogP contribution in [0.3, 0.4) is 0 Å². The van der Waals surface area contributed by atoms with Crippen molar-refractivity contribution in [3.63, 3.8) is 0 Å². The summed E-state index contributed by atoms with van der Waals surface area (Å²) < 4.78 is 0. The van der Waals surface area contributed by atoms with E-state index in [9.17, 15) is 0 Å². The molecule has 2 aromatic carbocycles. The Hall–Kier alpha value is -1.93. The van der Waals surface area contributed by atoms with E-state index >= 15 is 0 Å². The molecular weight excluding hydrogens is 306 g/mol. The monoisotopic (exact) mass is 331 g/mol. The molecule has 0 saturated heterocycles. The number of hydrogen-bond donors (Lipinski definition) is 0. The summed E-state index contributed by atoms with van der Waals surface area (Å²) in [4.78, 5) is 5.14. The van der Waals surface area contributed by atoms with Gasteiger partial charge in [0.2, 0.25) is 0 Å². The smallest absolute Gasteiger partial charge is 0.0784 e. The maximum atomic E-state index is 5.14. The van der Waals surface area contributed by atoms with E-state index in [2.05, 4.69) is 69.9 Å². The lowest BCUT2D eigenvalue weighted by Gasteiger charge is -2.24. The van der Waals surface area contributed by atoms with Gasteiger partial charge in [0, 0.05) is 5.56 Å². The van der Waals surface area contributed by atoms with Crippen LogP contribution in [0.15, 0.2) is 36.4 Å². The molecular formula is C22H25NSi. The van der Waals surface area contributed by atoms with Gasteiger partial charge in [-0.2, -0.15) is 0 Å². The summed E-state index contributed by atoms with van der Waals surface area (Å²) in [6.07, 6.45) is 2.24. The minimum atomic E-state index is -1.37. The van der Waals surface area contributed by atoms with Crippen molar-refractivity contribution in [1.82, 2.24) is 4.98 Å². The van der Waals surface area contributed by atoms with E-state index in [1.54, 1.807) is 0 Å². The fourth-order valence-corrected chi connectivity index (χ4v) is 5.72. The van der Waals surface area contributed by atoms with Crippen LogP contribution in [0.5, 0.6) is 0 Å². The van der Waals surface area contributed by atoms with Crippen LogP contribution < -0.4 is 5.19 Å². The molecule has 122 valence electrons. The zero-order chi connectivity index (χ0) is 17.1. The van der Waals surface area contributed by atoms with Gasteiger partial charge in [0.25, 0.3) is 0 Å². The molecule has 0 unspecified atom stereocenters. The standard InChI is InChI=1S/C22H25NSi/c1-14-11-15(2)17-10-9-16-13-19-20(23-22(16)18(17)12-14)7-6-8-21(19)24(3,4)5/h6-8,11-13H,9-10H2,1-5H3. The Bertz CT molecular complexity index is 964. The molecule has 4 rings (SSSR count). The lowest BCUT2D eigenvalue weighted by atomic mass is 9.85. The first-order chi connectivity index (χ1) is 11.3. The van der Waals surface area contributed by atoms with E-state index in [0.717, 1.165) is 18.4 Å². The van der Waals surface area contributed by atoms with Crippen molar-refractivity contribution in [3.8, 4) is 11.3 Å². The molecule has 1 heterocycles. The molecule has 1 aliphatic carbocycles. The predicted molar refractivity (Wildman–Crippen MR) is 107 cm³/mol. The van der Waals surface area contributed by atoms with E-state index in [0.29, 0.717) is 0 Å². The molecule has 1 nitrogen and oxygen atoms in total. The molecule has 0 saturated carbocycles. The summed E-state index contributed by atoms with van der Waals surface area (Å²) in [7, 11) is -1.37. The number of aromatic nitrogens is 1. The first-order valence-electron chi connectivity index (χ1n) is 8.88. The summed E-state index contributed by atoms with van der Waals surface area (Å²) in [6, 6.07) is 13.7. The minimum Gasteiger partial charge on any atom is -0.247 e. The fraction of sp³-hybridized carbons (Fsp3) is 0.318. The van der Waals surface area contributed by atoms with Crippen LogP contribution in [-0.4, -0.2) is 13.1 Å². The van der Waals surface area contributed by atoms with Gasteiger partial charge in [-0.1, -0.05) is 48.6 Å². The van der Waals surface area contributed by atoms with E-state index in [1.807, 2.05) is 0 Å². The Labute approximate surface area is 145 Å². The van der Waals surface area contributed by atoms with Crippen LogP contribution in [0.2, 0.25) is 19.6 Å². The van der Waals surface area contributed by atoms with Crippen molar-refractivity contribution in [1.29, 1.82) is 0 Å². The lowest BCUT2D eigenvalue weighted by molar-refractivity contribution is 0.921. The number of aryl methyl sites for hydroxylation is 3. The van der Waals surface area contributed by atoms with Gasteiger partial charge in [0.15, 0.2) is 0 Å². The summed E-state index contributed by atoms with van der Waals surface area (Å²) in [5.74, 6) is 0. The molecule has 2 heteroatoms. The Morgan fingerprint density at radius 2 is 1.75 bits per heavy atom. The highest BCUT2D eigenvalue weighted by Crippen LogP contribution is 2.36. The average Bonchev–Trinajstić information content (AvgIpc) is 2.51. The molecule has 0 amide bonds. The Morgan fingerprint density at radius 3 is 2.50 bits per heavy atom. The molecule has 3 aromatic rings. The Morgan fingerprint density at radius 1 is 0.958 bits per heavy atom. The highest BCUT2D eigenvalue weighted by Gasteiger charge is 2.23. The third-order valence-corrected chi connectivity index (χ3v) is 7.31. The zero-order valence-electron chi connectivity index (χ0n) is 15.3.